The maximum absolute atomic E-state index is 11.3. The monoisotopic (exact) mass is 358 g/mol. The summed E-state index contributed by atoms with van der Waals surface area (Å²) >= 11 is 0.615. The van der Waals surface area contributed by atoms with Crippen molar-refractivity contribution in [2.75, 3.05) is 6.61 Å². The number of carbonyl (C=O) groups excluding carboxylic acids is 1. The first-order chi connectivity index (χ1) is 10.8. The Hall–Kier alpha value is -1.69. The van der Waals surface area contributed by atoms with Crippen LogP contribution in [0.1, 0.15) is 6.92 Å². The number of ether oxygens (including phenoxy) is 1. The number of Topliss-reactive ketones (excluding diaryl/α,β-unsaturated/α-hetero) is 1. The van der Waals surface area contributed by atoms with E-state index in [9.17, 15) is 23.0 Å². The predicted octanol–water partition coefficient (Wildman–Crippen LogP) is 0.942. The van der Waals surface area contributed by atoms with Crippen molar-refractivity contribution in [3.05, 3.63) is 30.3 Å². The first-order valence-electron chi connectivity index (χ1n) is 6.10. The maximum atomic E-state index is 11.3. The summed E-state index contributed by atoms with van der Waals surface area (Å²) in [5, 5.41) is 13.9. The van der Waals surface area contributed by atoms with Gasteiger partial charge in [-0.25, -0.2) is 8.42 Å². The molecule has 0 aliphatic rings. The topological polar surface area (TPSA) is 125 Å². The van der Waals surface area contributed by atoms with Gasteiger partial charge < -0.3 is 14.5 Å². The number of carbonyl (C=O) groups is 1. The van der Waals surface area contributed by atoms with Gasteiger partial charge in [0.1, 0.15) is 22.5 Å². The van der Waals surface area contributed by atoms with Crippen molar-refractivity contribution in [3.8, 4) is 5.75 Å². The van der Waals surface area contributed by atoms with Gasteiger partial charge in [0, 0.05) is 10.3 Å². The van der Waals surface area contributed by atoms with Gasteiger partial charge in [-0.3, -0.25) is 9.83 Å². The van der Waals surface area contributed by atoms with E-state index in [1.54, 1.807) is 12.1 Å². The van der Waals surface area contributed by atoms with Gasteiger partial charge in [0.2, 0.25) is 0 Å². The Morgan fingerprint density at radius 1 is 1.26 bits per heavy atom. The zero-order chi connectivity index (χ0) is 17.0. The minimum atomic E-state index is -4.71. The molecule has 0 radical (unpaired) electrons. The van der Waals surface area contributed by atoms with Crippen LogP contribution < -0.4 is 9.99 Å². The van der Waals surface area contributed by atoms with Crippen LogP contribution in [0, 0.1) is 0 Å². The second-order valence-electron chi connectivity index (χ2n) is 4.47. The van der Waals surface area contributed by atoms with Crippen molar-refractivity contribution >= 4 is 38.7 Å². The number of fused-ring (bicyclic) bond motifs is 1. The van der Waals surface area contributed by atoms with Gasteiger partial charge in [0.25, 0.3) is 0 Å². The average molecular weight is 358 g/mol. The third-order valence-corrected chi connectivity index (χ3v) is 4.12. The smallest absolute Gasteiger partial charge is 0.167 e. The Labute approximate surface area is 135 Å². The van der Waals surface area contributed by atoms with Crippen molar-refractivity contribution in [2.45, 2.75) is 16.7 Å². The van der Waals surface area contributed by atoms with Crippen LogP contribution in [0.2, 0.25) is 0 Å². The summed E-state index contributed by atoms with van der Waals surface area (Å²) < 4.78 is 43.2. The number of hydrogen-bond acceptors (Lipinski definition) is 9. The van der Waals surface area contributed by atoms with Crippen LogP contribution in [0.3, 0.4) is 0 Å². The van der Waals surface area contributed by atoms with Crippen molar-refractivity contribution in [1.82, 2.24) is 0 Å². The molecule has 2 rings (SSSR count). The minimum Gasteiger partial charge on any atom is -0.744 e. The molecule has 0 saturated carbocycles. The highest BCUT2D eigenvalue weighted by atomic mass is 32.2. The van der Waals surface area contributed by atoms with Gasteiger partial charge in [-0.05, 0) is 42.6 Å². The summed E-state index contributed by atoms with van der Waals surface area (Å²) in [7, 11) is -4.71. The standard InChI is InChI=1S/C13H12O8S2/c1-8(14)7-19-13-6-11(23(16,17)18)5-9-4-10(22-21-20-15)2-3-12(9)13/h2-6,15H,7H2,1H3,(H,16,17,18)/p-2. The molecular weight excluding hydrogens is 348 g/mol. The number of ketones is 1. The zero-order valence-corrected chi connectivity index (χ0v) is 13.3. The van der Waals surface area contributed by atoms with Crippen LogP contribution in [0.15, 0.2) is 40.1 Å². The van der Waals surface area contributed by atoms with E-state index in [2.05, 4.69) is 9.37 Å². The van der Waals surface area contributed by atoms with E-state index < -0.39 is 15.0 Å². The van der Waals surface area contributed by atoms with Gasteiger partial charge in [-0.15, -0.1) is 0 Å². The van der Waals surface area contributed by atoms with Gasteiger partial charge in [0.15, 0.2) is 5.78 Å². The molecule has 0 bridgehead atoms. The lowest BCUT2D eigenvalue weighted by Gasteiger charge is -2.14. The molecular formula is C13H10O8S2-2. The number of rotatable bonds is 7. The Morgan fingerprint density at radius 2 is 2.00 bits per heavy atom. The maximum Gasteiger partial charge on any atom is 0.167 e. The number of hydrogen-bond donors (Lipinski definition) is 0. The van der Waals surface area contributed by atoms with Crippen LogP contribution in [0.25, 0.3) is 10.8 Å². The molecule has 0 fully saturated rings. The molecule has 0 saturated heterocycles. The normalized spacial score (nSPS) is 11.6. The molecule has 0 aliphatic carbocycles. The second-order valence-corrected chi connectivity index (χ2v) is 6.62. The molecule has 0 spiro atoms. The molecule has 23 heavy (non-hydrogen) atoms. The summed E-state index contributed by atoms with van der Waals surface area (Å²) in [4.78, 5) is 11.0. The van der Waals surface area contributed by atoms with Gasteiger partial charge in [-0.1, -0.05) is 0 Å². The summed E-state index contributed by atoms with van der Waals surface area (Å²) in [6.07, 6.45) is 0. The van der Waals surface area contributed by atoms with Crippen molar-refractivity contribution in [1.29, 1.82) is 0 Å². The van der Waals surface area contributed by atoms with Crippen molar-refractivity contribution in [2.24, 2.45) is 0 Å². The van der Waals surface area contributed by atoms with Crippen LogP contribution in [-0.4, -0.2) is 25.4 Å². The van der Waals surface area contributed by atoms with Crippen LogP contribution in [-0.2, 0) is 24.3 Å². The summed E-state index contributed by atoms with van der Waals surface area (Å²) in [5.41, 5.74) is 0. The van der Waals surface area contributed by atoms with E-state index in [0.29, 0.717) is 27.7 Å². The van der Waals surface area contributed by atoms with Crippen molar-refractivity contribution in [3.63, 3.8) is 0 Å². The highest BCUT2D eigenvalue weighted by Gasteiger charge is 2.11. The molecule has 124 valence electrons. The van der Waals surface area contributed by atoms with E-state index in [1.807, 2.05) is 0 Å². The van der Waals surface area contributed by atoms with E-state index in [4.69, 9.17) is 4.74 Å². The van der Waals surface area contributed by atoms with E-state index >= 15 is 0 Å². The number of benzene rings is 2. The van der Waals surface area contributed by atoms with Crippen LogP contribution >= 0.6 is 12.0 Å². The third kappa shape index (κ3) is 4.64. The Morgan fingerprint density at radius 3 is 2.61 bits per heavy atom. The largest absolute Gasteiger partial charge is 0.744 e. The SMILES string of the molecule is CC(=O)COc1cc(S(=O)(=O)[O-])cc2cc(SOO[O-])ccc12. The summed E-state index contributed by atoms with van der Waals surface area (Å²) in [6.45, 7) is 1.05. The lowest BCUT2D eigenvalue weighted by Crippen LogP contribution is -2.08. The zero-order valence-electron chi connectivity index (χ0n) is 11.7. The Kier molecular flexibility index (Phi) is 5.57. The van der Waals surface area contributed by atoms with E-state index in [1.165, 1.54) is 19.1 Å². The van der Waals surface area contributed by atoms with Crippen LogP contribution in [0.4, 0.5) is 0 Å². The molecule has 0 atom stereocenters. The molecule has 0 unspecified atom stereocenters. The Balaban J connectivity index is 2.55. The first-order valence-corrected chi connectivity index (χ1v) is 8.25. The molecule has 0 aliphatic heterocycles. The molecule has 0 aromatic heterocycles. The molecule has 0 heterocycles. The summed E-state index contributed by atoms with van der Waals surface area (Å²) in [6, 6.07) is 6.85. The fourth-order valence-corrected chi connectivity index (χ4v) is 2.76. The molecule has 0 N–H and O–H groups in total. The van der Waals surface area contributed by atoms with Gasteiger partial charge >= 0.3 is 0 Å². The minimum absolute atomic E-state index is 0.0877. The van der Waals surface area contributed by atoms with Gasteiger partial charge in [-0.2, -0.15) is 4.33 Å². The lowest BCUT2D eigenvalue weighted by atomic mass is 10.1. The molecule has 0 amide bonds. The molecule has 2 aromatic rings. The summed E-state index contributed by atoms with van der Waals surface area (Å²) in [5.74, 6) is -0.175. The molecule has 8 nitrogen and oxygen atoms in total. The van der Waals surface area contributed by atoms with E-state index in [0.717, 1.165) is 6.07 Å². The lowest BCUT2D eigenvalue weighted by molar-refractivity contribution is -0.777. The fraction of sp³-hybridized carbons (Fsp3) is 0.154. The van der Waals surface area contributed by atoms with Crippen molar-refractivity contribution < 1.29 is 37.1 Å². The highest BCUT2D eigenvalue weighted by molar-refractivity contribution is 7.94. The molecule has 2 aromatic carbocycles. The highest BCUT2D eigenvalue weighted by Crippen LogP contribution is 2.33. The predicted molar refractivity (Wildman–Crippen MR) is 76.1 cm³/mol. The first kappa shape index (κ1) is 17.7. The van der Waals surface area contributed by atoms with E-state index in [-0.39, 0.29) is 18.1 Å². The average Bonchev–Trinajstić information content (AvgIpc) is 2.48. The third-order valence-electron chi connectivity index (χ3n) is 2.74. The molecule has 10 heteroatoms. The van der Waals surface area contributed by atoms with Gasteiger partial charge in [0.05, 0.1) is 16.9 Å². The van der Waals surface area contributed by atoms with Crippen LogP contribution in [0.5, 0.6) is 5.75 Å². The fourth-order valence-electron chi connectivity index (χ4n) is 1.83. The second kappa shape index (κ2) is 7.25. The quantitative estimate of drug-likeness (QED) is 0.308. The Bertz CT molecular complexity index is 831.